The van der Waals surface area contributed by atoms with E-state index in [-0.39, 0.29) is 5.91 Å². The summed E-state index contributed by atoms with van der Waals surface area (Å²) in [5, 5.41) is 7.31. The van der Waals surface area contributed by atoms with Crippen LogP contribution in [-0.2, 0) is 26.1 Å². The number of amides is 1. The van der Waals surface area contributed by atoms with E-state index in [9.17, 15) is 4.79 Å². The van der Waals surface area contributed by atoms with Crippen LogP contribution in [0, 0.1) is 20.8 Å². The molecule has 4 aromatic rings. The van der Waals surface area contributed by atoms with Crippen molar-refractivity contribution in [3.63, 3.8) is 0 Å². The van der Waals surface area contributed by atoms with Crippen LogP contribution in [-0.4, -0.2) is 25.7 Å². The van der Waals surface area contributed by atoms with Crippen molar-refractivity contribution in [1.82, 2.24) is 25.1 Å². The lowest BCUT2D eigenvalue weighted by atomic mass is 9.99. The second kappa shape index (κ2) is 10.4. The number of hydrogen-bond donors (Lipinski definition) is 2. The highest BCUT2D eigenvalue weighted by atomic mass is 16.1. The number of rotatable bonds is 8. The van der Waals surface area contributed by atoms with Gasteiger partial charge in [-0.3, -0.25) is 14.5 Å². The van der Waals surface area contributed by atoms with Crippen LogP contribution in [0.5, 0.6) is 0 Å². The van der Waals surface area contributed by atoms with Crippen molar-refractivity contribution in [2.45, 2.75) is 46.8 Å². The Balaban J connectivity index is 1.38. The summed E-state index contributed by atoms with van der Waals surface area (Å²) >= 11 is 0. The molecule has 7 heteroatoms. The fraction of sp³-hybridized carbons (Fsp3) is 0.259. The van der Waals surface area contributed by atoms with Crippen LogP contribution in [0.4, 0.5) is 0 Å². The maximum absolute atomic E-state index is 12.7. The summed E-state index contributed by atoms with van der Waals surface area (Å²) in [6.07, 6.45) is 7.70. The number of nitrogens with zero attached hydrogens (tertiary/aromatic N) is 4. The molecule has 0 bridgehead atoms. The van der Waals surface area contributed by atoms with Gasteiger partial charge in [-0.1, -0.05) is 36.4 Å². The molecule has 174 valence electrons. The van der Waals surface area contributed by atoms with E-state index in [2.05, 4.69) is 56.8 Å². The summed E-state index contributed by atoms with van der Waals surface area (Å²) in [6.45, 7) is 7.78. The van der Waals surface area contributed by atoms with Crippen molar-refractivity contribution in [2.24, 2.45) is 5.73 Å². The maximum Gasteiger partial charge on any atom is 0.271 e. The highest BCUT2D eigenvalue weighted by molar-refractivity contribution is 5.91. The third-order valence-electron chi connectivity index (χ3n) is 5.85. The molecule has 0 aliphatic heterocycles. The minimum atomic E-state index is -0.235. The maximum atomic E-state index is 12.7. The first kappa shape index (κ1) is 23.3. The summed E-state index contributed by atoms with van der Waals surface area (Å²) in [5.74, 6) is -0.235. The zero-order chi connectivity index (χ0) is 24.1. The molecule has 0 unspecified atom stereocenters. The van der Waals surface area contributed by atoms with Gasteiger partial charge >= 0.3 is 0 Å². The number of hydrogen-bond acceptors (Lipinski definition) is 5. The van der Waals surface area contributed by atoms with Crippen molar-refractivity contribution < 1.29 is 4.79 Å². The van der Waals surface area contributed by atoms with E-state index in [4.69, 9.17) is 5.73 Å². The highest BCUT2D eigenvalue weighted by Crippen LogP contribution is 2.17. The normalized spacial score (nSPS) is 10.9. The number of aryl methyl sites for hydroxylation is 3. The van der Waals surface area contributed by atoms with Gasteiger partial charge in [-0.2, -0.15) is 5.10 Å². The van der Waals surface area contributed by atoms with Crippen LogP contribution in [0.1, 0.15) is 55.1 Å². The number of nitrogens with one attached hydrogen (secondary N) is 1. The third-order valence-corrected chi connectivity index (χ3v) is 5.85. The van der Waals surface area contributed by atoms with Crippen molar-refractivity contribution in [3.8, 4) is 0 Å². The Hall–Kier alpha value is -3.84. The van der Waals surface area contributed by atoms with Crippen LogP contribution in [0.3, 0.4) is 0 Å². The molecule has 1 amide bonds. The molecule has 0 saturated carbocycles. The fourth-order valence-corrected chi connectivity index (χ4v) is 4.05. The smallest absolute Gasteiger partial charge is 0.271 e. The van der Waals surface area contributed by atoms with E-state index in [1.165, 1.54) is 11.8 Å². The quantitative estimate of drug-likeness (QED) is 0.424. The standard InChI is InChI=1S/C27H30N6O/c1-18-12-31-33(16-18)17-22-6-4-21(5-7-22)10-24-13-29-15-26(32-24)27(34)30-14-25-19(2)8-23(11-28)9-20(25)3/h4-9,12-13,15-16H,10-11,14,17,28H2,1-3H3,(H,30,34). The van der Waals surface area contributed by atoms with Gasteiger partial charge in [0.2, 0.25) is 0 Å². The number of aromatic nitrogens is 4. The van der Waals surface area contributed by atoms with E-state index in [1.54, 1.807) is 6.20 Å². The van der Waals surface area contributed by atoms with Gasteiger partial charge in [0.15, 0.2) is 0 Å². The molecule has 0 saturated heterocycles. The van der Waals surface area contributed by atoms with Gasteiger partial charge in [-0.05, 0) is 59.7 Å². The molecule has 7 nitrogen and oxygen atoms in total. The zero-order valence-corrected chi connectivity index (χ0v) is 19.9. The Labute approximate surface area is 200 Å². The second-order valence-electron chi connectivity index (χ2n) is 8.70. The molecule has 2 heterocycles. The van der Waals surface area contributed by atoms with Crippen LogP contribution >= 0.6 is 0 Å². The number of carbonyl (C=O) groups excluding carboxylic acids is 1. The van der Waals surface area contributed by atoms with Gasteiger partial charge in [-0.15, -0.1) is 0 Å². The van der Waals surface area contributed by atoms with Gasteiger partial charge in [0.25, 0.3) is 5.91 Å². The first-order chi connectivity index (χ1) is 16.4. The molecule has 0 radical (unpaired) electrons. The first-order valence-corrected chi connectivity index (χ1v) is 11.4. The molecular formula is C27H30N6O. The van der Waals surface area contributed by atoms with Crippen molar-refractivity contribution in [2.75, 3.05) is 0 Å². The highest BCUT2D eigenvalue weighted by Gasteiger charge is 2.12. The summed E-state index contributed by atoms with van der Waals surface area (Å²) in [6, 6.07) is 12.5. The predicted molar refractivity (Wildman–Crippen MR) is 132 cm³/mol. The number of benzene rings is 2. The van der Waals surface area contributed by atoms with E-state index in [0.29, 0.717) is 25.2 Å². The molecule has 2 aromatic heterocycles. The fourth-order valence-electron chi connectivity index (χ4n) is 4.05. The van der Waals surface area contributed by atoms with E-state index in [0.717, 1.165) is 45.6 Å². The Morgan fingerprint density at radius 1 is 0.971 bits per heavy atom. The van der Waals surface area contributed by atoms with Crippen LogP contribution in [0.15, 0.2) is 61.2 Å². The molecule has 0 spiro atoms. The molecule has 3 N–H and O–H groups in total. The van der Waals surface area contributed by atoms with Gasteiger partial charge in [0.1, 0.15) is 5.69 Å². The van der Waals surface area contributed by atoms with Gasteiger partial charge in [-0.25, -0.2) is 4.98 Å². The largest absolute Gasteiger partial charge is 0.347 e. The Morgan fingerprint density at radius 2 is 1.68 bits per heavy atom. The number of nitrogens with two attached hydrogens (primary N) is 1. The zero-order valence-electron chi connectivity index (χ0n) is 19.9. The monoisotopic (exact) mass is 454 g/mol. The van der Waals surface area contributed by atoms with Gasteiger partial charge in [0, 0.05) is 31.9 Å². The number of carbonyl (C=O) groups is 1. The molecule has 2 aromatic carbocycles. The summed E-state index contributed by atoms with van der Waals surface area (Å²) in [7, 11) is 0. The average Bonchev–Trinajstić information content (AvgIpc) is 3.24. The molecule has 0 fully saturated rings. The van der Waals surface area contributed by atoms with Crippen molar-refractivity contribution in [1.29, 1.82) is 0 Å². The average molecular weight is 455 g/mol. The van der Waals surface area contributed by atoms with Crippen LogP contribution in [0.2, 0.25) is 0 Å². The van der Waals surface area contributed by atoms with Crippen molar-refractivity contribution >= 4 is 5.91 Å². The summed E-state index contributed by atoms with van der Waals surface area (Å²) in [4.78, 5) is 21.5. The molecule has 0 atom stereocenters. The van der Waals surface area contributed by atoms with E-state index >= 15 is 0 Å². The Kier molecular flexibility index (Phi) is 7.13. The Morgan fingerprint density at radius 3 is 2.32 bits per heavy atom. The van der Waals surface area contributed by atoms with E-state index < -0.39 is 0 Å². The van der Waals surface area contributed by atoms with Gasteiger partial charge in [0.05, 0.1) is 24.6 Å². The second-order valence-corrected chi connectivity index (χ2v) is 8.70. The Bertz CT molecular complexity index is 1270. The lowest BCUT2D eigenvalue weighted by Gasteiger charge is -2.13. The van der Waals surface area contributed by atoms with E-state index in [1.807, 2.05) is 37.8 Å². The predicted octanol–water partition coefficient (Wildman–Crippen LogP) is 3.63. The molecule has 0 aliphatic carbocycles. The third kappa shape index (κ3) is 5.74. The van der Waals surface area contributed by atoms with Crippen LogP contribution < -0.4 is 11.1 Å². The summed E-state index contributed by atoms with van der Waals surface area (Å²) in [5.41, 5.74) is 14.7. The molecular weight excluding hydrogens is 424 g/mol. The lowest BCUT2D eigenvalue weighted by molar-refractivity contribution is 0.0945. The topological polar surface area (TPSA) is 98.7 Å². The minimum absolute atomic E-state index is 0.235. The minimum Gasteiger partial charge on any atom is -0.347 e. The lowest BCUT2D eigenvalue weighted by Crippen LogP contribution is -2.25. The SMILES string of the molecule is Cc1cnn(Cc2ccc(Cc3cncc(C(=O)NCc4c(C)cc(CN)cc4C)n3)cc2)c1. The molecule has 4 rings (SSSR count). The first-order valence-electron chi connectivity index (χ1n) is 11.4. The van der Waals surface area contributed by atoms with Gasteiger partial charge < -0.3 is 11.1 Å². The molecule has 34 heavy (non-hydrogen) atoms. The van der Waals surface area contributed by atoms with Crippen molar-refractivity contribution in [3.05, 3.63) is 112 Å². The van der Waals surface area contributed by atoms with Crippen LogP contribution in [0.25, 0.3) is 0 Å². The summed E-state index contributed by atoms with van der Waals surface area (Å²) < 4.78 is 1.92. The molecule has 0 aliphatic rings.